The van der Waals surface area contributed by atoms with E-state index in [-0.39, 0.29) is 0 Å². The number of hydrogen-bond acceptors (Lipinski definition) is 3. The molecule has 1 aromatic rings. The van der Waals surface area contributed by atoms with E-state index in [4.69, 9.17) is 11.6 Å². The van der Waals surface area contributed by atoms with E-state index in [1.165, 1.54) is 0 Å². The van der Waals surface area contributed by atoms with Crippen LogP contribution in [-0.2, 0) is 0 Å². The maximum Gasteiger partial charge on any atom is 0.152 e. The first-order valence-corrected chi connectivity index (χ1v) is 5.19. The van der Waals surface area contributed by atoms with Crippen molar-refractivity contribution in [1.82, 2.24) is 9.88 Å². The third-order valence-corrected chi connectivity index (χ3v) is 2.87. The molecule has 0 radical (unpaired) electrons. The first-order chi connectivity index (χ1) is 6.77. The third-order valence-electron chi connectivity index (χ3n) is 2.58. The normalized spacial score (nSPS) is 18.6. The molecule has 0 aromatic carbocycles. The predicted octanol–water partition coefficient (Wildman–Crippen LogP) is 1.49. The molecule has 0 atom stereocenters. The summed E-state index contributed by atoms with van der Waals surface area (Å²) < 4.78 is 0. The summed E-state index contributed by atoms with van der Waals surface area (Å²) in [6.07, 6.45) is 1.72. The van der Waals surface area contributed by atoms with Gasteiger partial charge in [-0.15, -0.1) is 0 Å². The number of pyridine rings is 1. The van der Waals surface area contributed by atoms with Gasteiger partial charge in [0.15, 0.2) is 5.15 Å². The number of rotatable bonds is 1. The van der Waals surface area contributed by atoms with Crippen LogP contribution in [0.4, 0.5) is 5.69 Å². The van der Waals surface area contributed by atoms with E-state index >= 15 is 0 Å². The van der Waals surface area contributed by atoms with Crippen LogP contribution in [0.15, 0.2) is 18.3 Å². The standard InChI is InChI=1S/C10H14ClN3/c1-13-5-7-14(8-6-13)9-3-2-4-12-10(9)11/h2-4H,5-8H2,1H3. The lowest BCUT2D eigenvalue weighted by molar-refractivity contribution is 0.313. The Morgan fingerprint density at radius 1 is 1.29 bits per heavy atom. The molecule has 1 fully saturated rings. The minimum absolute atomic E-state index is 0.608. The molecule has 0 N–H and O–H groups in total. The fraction of sp³-hybridized carbons (Fsp3) is 0.500. The average molecular weight is 212 g/mol. The summed E-state index contributed by atoms with van der Waals surface area (Å²) in [5.41, 5.74) is 1.06. The summed E-state index contributed by atoms with van der Waals surface area (Å²) in [5, 5.41) is 0.608. The molecule has 3 nitrogen and oxygen atoms in total. The zero-order chi connectivity index (χ0) is 9.97. The second-order valence-electron chi connectivity index (χ2n) is 3.60. The van der Waals surface area contributed by atoms with Crippen LogP contribution in [0.25, 0.3) is 0 Å². The second kappa shape index (κ2) is 4.15. The van der Waals surface area contributed by atoms with Crippen LogP contribution < -0.4 is 4.90 Å². The lowest BCUT2D eigenvalue weighted by Gasteiger charge is -2.34. The van der Waals surface area contributed by atoms with Gasteiger partial charge in [0.05, 0.1) is 5.69 Å². The first kappa shape index (κ1) is 9.74. The fourth-order valence-electron chi connectivity index (χ4n) is 1.66. The minimum Gasteiger partial charge on any atom is -0.366 e. The molecule has 0 amide bonds. The van der Waals surface area contributed by atoms with Crippen molar-refractivity contribution in [2.75, 3.05) is 38.1 Å². The monoisotopic (exact) mass is 211 g/mol. The molecule has 1 aliphatic rings. The summed E-state index contributed by atoms with van der Waals surface area (Å²) in [5.74, 6) is 0. The molecule has 14 heavy (non-hydrogen) atoms. The van der Waals surface area contributed by atoms with Gasteiger partial charge in [-0.05, 0) is 19.2 Å². The average Bonchev–Trinajstić information content (AvgIpc) is 2.20. The number of nitrogens with zero attached hydrogens (tertiary/aromatic N) is 3. The zero-order valence-corrected chi connectivity index (χ0v) is 9.04. The number of hydrogen-bond donors (Lipinski definition) is 0. The maximum absolute atomic E-state index is 6.03. The summed E-state index contributed by atoms with van der Waals surface area (Å²) in [6, 6.07) is 3.96. The van der Waals surface area contributed by atoms with Gasteiger partial charge in [0.1, 0.15) is 0 Å². The summed E-state index contributed by atoms with van der Waals surface area (Å²) in [7, 11) is 2.14. The van der Waals surface area contributed by atoms with Gasteiger partial charge in [-0.1, -0.05) is 11.6 Å². The SMILES string of the molecule is CN1CCN(c2cccnc2Cl)CC1. The lowest BCUT2D eigenvalue weighted by Crippen LogP contribution is -2.44. The second-order valence-corrected chi connectivity index (χ2v) is 3.96. The van der Waals surface area contributed by atoms with E-state index in [1.54, 1.807) is 6.20 Å². The zero-order valence-electron chi connectivity index (χ0n) is 8.28. The smallest absolute Gasteiger partial charge is 0.152 e. The van der Waals surface area contributed by atoms with Crippen LogP contribution in [0.3, 0.4) is 0 Å². The molecule has 0 aliphatic carbocycles. The van der Waals surface area contributed by atoms with Crippen molar-refractivity contribution in [3.05, 3.63) is 23.5 Å². The molecule has 76 valence electrons. The van der Waals surface area contributed by atoms with Gasteiger partial charge in [-0.25, -0.2) is 4.98 Å². The fourth-order valence-corrected chi connectivity index (χ4v) is 1.90. The van der Waals surface area contributed by atoms with E-state index in [1.807, 2.05) is 12.1 Å². The molecule has 0 unspecified atom stereocenters. The summed E-state index contributed by atoms with van der Waals surface area (Å²) >= 11 is 6.03. The number of likely N-dealkylation sites (N-methyl/N-ethyl adjacent to an activating group) is 1. The Morgan fingerprint density at radius 3 is 2.64 bits per heavy atom. The van der Waals surface area contributed by atoms with Crippen molar-refractivity contribution >= 4 is 17.3 Å². The highest BCUT2D eigenvalue weighted by Gasteiger charge is 2.16. The highest BCUT2D eigenvalue weighted by Crippen LogP contribution is 2.23. The van der Waals surface area contributed by atoms with Crippen molar-refractivity contribution < 1.29 is 0 Å². The van der Waals surface area contributed by atoms with Crippen molar-refractivity contribution in [2.24, 2.45) is 0 Å². The molecule has 0 bridgehead atoms. The summed E-state index contributed by atoms with van der Waals surface area (Å²) in [6.45, 7) is 4.24. The van der Waals surface area contributed by atoms with Crippen LogP contribution in [0.1, 0.15) is 0 Å². The number of anilines is 1. The molecule has 4 heteroatoms. The number of halogens is 1. The van der Waals surface area contributed by atoms with Gasteiger partial charge >= 0.3 is 0 Å². The number of piperazine rings is 1. The van der Waals surface area contributed by atoms with Gasteiger partial charge in [0, 0.05) is 32.4 Å². The van der Waals surface area contributed by atoms with Gasteiger partial charge in [0.2, 0.25) is 0 Å². The highest BCUT2D eigenvalue weighted by molar-refractivity contribution is 6.32. The predicted molar refractivity (Wildman–Crippen MR) is 59.0 cm³/mol. The van der Waals surface area contributed by atoms with Crippen LogP contribution in [0.2, 0.25) is 5.15 Å². The van der Waals surface area contributed by atoms with Crippen LogP contribution in [0, 0.1) is 0 Å². The van der Waals surface area contributed by atoms with Gasteiger partial charge in [0.25, 0.3) is 0 Å². The Labute approximate surface area is 89.3 Å². The van der Waals surface area contributed by atoms with Crippen molar-refractivity contribution in [3.8, 4) is 0 Å². The molecular formula is C10H14ClN3. The van der Waals surface area contributed by atoms with Gasteiger partial charge in [-0.2, -0.15) is 0 Å². The highest BCUT2D eigenvalue weighted by atomic mass is 35.5. The van der Waals surface area contributed by atoms with Gasteiger partial charge < -0.3 is 9.80 Å². The van der Waals surface area contributed by atoms with E-state index < -0.39 is 0 Å². The van der Waals surface area contributed by atoms with E-state index in [0.29, 0.717) is 5.15 Å². The number of aromatic nitrogens is 1. The van der Waals surface area contributed by atoms with Crippen LogP contribution in [0.5, 0.6) is 0 Å². The Kier molecular flexibility index (Phi) is 2.89. The summed E-state index contributed by atoms with van der Waals surface area (Å²) in [4.78, 5) is 8.69. The minimum atomic E-state index is 0.608. The molecule has 2 heterocycles. The quantitative estimate of drug-likeness (QED) is 0.657. The van der Waals surface area contributed by atoms with Crippen molar-refractivity contribution in [2.45, 2.75) is 0 Å². The largest absolute Gasteiger partial charge is 0.366 e. The van der Waals surface area contributed by atoms with E-state index in [9.17, 15) is 0 Å². The first-order valence-electron chi connectivity index (χ1n) is 4.81. The van der Waals surface area contributed by atoms with Crippen molar-refractivity contribution in [3.63, 3.8) is 0 Å². The van der Waals surface area contributed by atoms with E-state index in [0.717, 1.165) is 31.9 Å². The van der Waals surface area contributed by atoms with Crippen molar-refractivity contribution in [1.29, 1.82) is 0 Å². The van der Waals surface area contributed by atoms with Crippen LogP contribution in [-0.4, -0.2) is 43.1 Å². The third kappa shape index (κ3) is 1.99. The Bertz CT molecular complexity index is 308. The Morgan fingerprint density at radius 2 is 2.00 bits per heavy atom. The Hall–Kier alpha value is -0.800. The molecule has 1 saturated heterocycles. The van der Waals surface area contributed by atoms with E-state index in [2.05, 4.69) is 21.8 Å². The molecule has 1 aromatic heterocycles. The molecular weight excluding hydrogens is 198 g/mol. The Balaban J connectivity index is 2.12. The maximum atomic E-state index is 6.03. The molecule has 0 spiro atoms. The van der Waals surface area contributed by atoms with Crippen LogP contribution >= 0.6 is 11.6 Å². The topological polar surface area (TPSA) is 19.4 Å². The molecule has 1 aliphatic heterocycles. The molecule has 0 saturated carbocycles. The lowest BCUT2D eigenvalue weighted by atomic mass is 10.3. The molecule has 2 rings (SSSR count). The van der Waals surface area contributed by atoms with Gasteiger partial charge in [-0.3, -0.25) is 0 Å².